The minimum Gasteiger partial charge on any atom is -0.481 e. The molecule has 2 spiro atoms. The molecule has 2 saturated carbocycles. The van der Waals surface area contributed by atoms with E-state index in [1.165, 1.54) is 46.9 Å². The van der Waals surface area contributed by atoms with E-state index in [-0.39, 0.29) is 67.7 Å². The van der Waals surface area contributed by atoms with Gasteiger partial charge in [0, 0.05) is 55.0 Å². The Hall–Kier alpha value is -7.48. The molecule has 12 heteroatoms. The van der Waals surface area contributed by atoms with Crippen molar-refractivity contribution in [2.45, 2.75) is 75.4 Å². The van der Waals surface area contributed by atoms with Crippen molar-refractivity contribution in [3.05, 3.63) is 159 Å². The third-order valence-electron chi connectivity index (χ3n) is 14.6. The average Bonchev–Trinajstić information content (AvgIpc) is 4.06. The standard InChI is InChI=1S/C54H34N4O6S2/c1-57-43-23-35-36(24-44(43)58-2)50(62)40(49(35)61)20-32-22-46-52(66-32)38-14-28-17-41-37(13-27(28)18-42(38)54(64-46)11-7-4-8-12-54)51-45(63-53(41)9-5-3-6-10-53)21-31(65-51)19-39-47(59)33-15-29(25-55)30(26-56)16-34(33)48(39)60/h13-24,27-28H,3-12H2. The van der Waals surface area contributed by atoms with Crippen LogP contribution in [0.15, 0.2) is 83.0 Å². The third-order valence-corrected chi connectivity index (χ3v) is 16.8. The Balaban J connectivity index is 0.935. The Morgan fingerprint density at radius 1 is 0.561 bits per heavy atom. The molecule has 2 fully saturated rings. The molecule has 2 unspecified atom stereocenters. The molecule has 4 heterocycles. The van der Waals surface area contributed by atoms with E-state index in [2.05, 4.69) is 34.0 Å². The van der Waals surface area contributed by atoms with Crippen LogP contribution in [0.25, 0.3) is 33.0 Å². The monoisotopic (exact) mass is 898 g/mol. The quantitative estimate of drug-likeness (QED) is 0.110. The molecule has 0 saturated heterocycles. The Bertz CT molecular complexity index is 3080. The normalized spacial score (nSPS) is 22.2. The summed E-state index contributed by atoms with van der Waals surface area (Å²) in [5.74, 6) is -0.351. The van der Waals surface area contributed by atoms with Gasteiger partial charge in [0.15, 0.2) is 34.5 Å². The summed E-state index contributed by atoms with van der Waals surface area (Å²) in [7, 11) is 0. The topological polar surface area (TPSA) is 143 Å². The maximum absolute atomic E-state index is 13.7. The number of nitrogens with zero attached hydrogens (tertiary/aromatic N) is 4. The van der Waals surface area contributed by atoms with Crippen LogP contribution in [0.5, 0.6) is 11.5 Å². The lowest BCUT2D eigenvalue weighted by Crippen LogP contribution is -2.45. The van der Waals surface area contributed by atoms with E-state index in [0.29, 0.717) is 9.75 Å². The van der Waals surface area contributed by atoms with Crippen molar-refractivity contribution in [1.29, 1.82) is 10.5 Å². The van der Waals surface area contributed by atoms with Crippen LogP contribution in [-0.2, 0) is 0 Å². The van der Waals surface area contributed by atoms with Gasteiger partial charge >= 0.3 is 0 Å². The molecule has 0 radical (unpaired) electrons. The first-order valence-corrected chi connectivity index (χ1v) is 23.8. The highest BCUT2D eigenvalue weighted by molar-refractivity contribution is 7.15. The number of Topliss-reactive ketones (excluding diaryl/α,β-unsaturated/α-hetero) is 4. The van der Waals surface area contributed by atoms with Crippen molar-refractivity contribution in [2.75, 3.05) is 0 Å². The number of thiophene rings is 2. The molecule has 2 aromatic carbocycles. The van der Waals surface area contributed by atoms with Gasteiger partial charge in [-0.3, -0.25) is 28.9 Å². The number of carbonyl (C=O) groups excluding carboxylic acids is 4. The largest absolute Gasteiger partial charge is 0.481 e. The number of nitriles is 2. The summed E-state index contributed by atoms with van der Waals surface area (Å²) in [4.78, 5) is 64.8. The van der Waals surface area contributed by atoms with E-state index in [1.807, 2.05) is 24.3 Å². The summed E-state index contributed by atoms with van der Waals surface area (Å²) in [6.45, 7) is 15.0. The van der Waals surface area contributed by atoms with Gasteiger partial charge in [-0.05, 0) is 98.9 Å². The van der Waals surface area contributed by atoms with Gasteiger partial charge in [-0.25, -0.2) is 0 Å². The number of hydrogen-bond acceptors (Lipinski definition) is 10. The van der Waals surface area contributed by atoms with E-state index in [4.69, 9.17) is 22.6 Å². The van der Waals surface area contributed by atoms with Crippen molar-refractivity contribution in [1.82, 2.24) is 0 Å². The molecule has 2 aromatic heterocycles. The van der Waals surface area contributed by atoms with E-state index >= 15 is 0 Å². The predicted molar refractivity (Wildman–Crippen MR) is 249 cm³/mol. The summed E-state index contributed by atoms with van der Waals surface area (Å²) in [5, 5.41) is 19.2. The van der Waals surface area contributed by atoms with Crippen LogP contribution in [-0.4, -0.2) is 34.3 Å². The van der Waals surface area contributed by atoms with Crippen molar-refractivity contribution in [2.24, 2.45) is 11.8 Å². The number of ether oxygens (including phenoxy) is 2. The van der Waals surface area contributed by atoms with Gasteiger partial charge in [0.1, 0.15) is 34.8 Å². The number of fused-ring (bicyclic) bond motifs is 11. The zero-order valence-electron chi connectivity index (χ0n) is 35.2. The molecule has 2 atom stereocenters. The Labute approximate surface area is 387 Å². The highest BCUT2D eigenvalue weighted by atomic mass is 32.1. The van der Waals surface area contributed by atoms with Gasteiger partial charge in [0.05, 0.1) is 45.2 Å². The van der Waals surface area contributed by atoms with Gasteiger partial charge in [-0.1, -0.05) is 49.3 Å². The number of hydrogen-bond donors (Lipinski definition) is 0. The highest BCUT2D eigenvalue weighted by Crippen LogP contribution is 2.60. The van der Waals surface area contributed by atoms with Crippen LogP contribution in [0.4, 0.5) is 11.4 Å². The van der Waals surface area contributed by atoms with E-state index in [0.717, 1.165) is 108 Å². The Kier molecular flexibility index (Phi) is 8.81. The van der Waals surface area contributed by atoms with Gasteiger partial charge in [-0.2, -0.15) is 10.5 Å². The summed E-state index contributed by atoms with van der Waals surface area (Å²) < 4.78 is 14.2. The molecule has 8 aliphatic rings. The van der Waals surface area contributed by atoms with Crippen molar-refractivity contribution >= 4 is 80.5 Å². The lowest BCUT2D eigenvalue weighted by Gasteiger charge is -2.48. The van der Waals surface area contributed by atoms with Crippen LogP contribution in [0, 0.1) is 47.6 Å². The second-order valence-corrected chi connectivity index (χ2v) is 20.4. The zero-order valence-corrected chi connectivity index (χ0v) is 36.8. The number of benzene rings is 2. The van der Waals surface area contributed by atoms with Crippen LogP contribution in [0.1, 0.15) is 136 Å². The van der Waals surface area contributed by atoms with Crippen LogP contribution >= 0.6 is 22.7 Å². The molecular formula is C54H34N4O6S2. The molecule has 2 aliphatic heterocycles. The molecule has 10 nitrogen and oxygen atoms in total. The number of carbonyl (C=O) groups is 4. The van der Waals surface area contributed by atoms with Crippen molar-refractivity contribution in [3.63, 3.8) is 0 Å². The van der Waals surface area contributed by atoms with Crippen LogP contribution < -0.4 is 9.47 Å². The minimum atomic E-state index is -0.538. The zero-order chi connectivity index (χ0) is 45.2. The van der Waals surface area contributed by atoms with Crippen LogP contribution in [0.2, 0.25) is 0 Å². The molecule has 318 valence electrons. The average molecular weight is 899 g/mol. The van der Waals surface area contributed by atoms with E-state index < -0.39 is 34.3 Å². The highest BCUT2D eigenvalue weighted by Gasteiger charge is 2.50. The summed E-state index contributed by atoms with van der Waals surface area (Å²) in [6, 6.07) is 13.2. The second-order valence-electron chi connectivity index (χ2n) is 18.2. The Morgan fingerprint density at radius 2 is 0.939 bits per heavy atom. The van der Waals surface area contributed by atoms with Gasteiger partial charge < -0.3 is 9.47 Å². The molecular weight excluding hydrogens is 865 g/mol. The van der Waals surface area contributed by atoms with E-state index in [9.17, 15) is 29.7 Å². The molecule has 0 bridgehead atoms. The molecule has 66 heavy (non-hydrogen) atoms. The van der Waals surface area contributed by atoms with Crippen LogP contribution in [0.3, 0.4) is 0 Å². The number of allylic oxidation sites excluding steroid dienone is 6. The second kappa shape index (κ2) is 14.5. The number of ketones is 4. The molecule has 12 rings (SSSR count). The maximum Gasteiger partial charge on any atom is 0.197 e. The van der Waals surface area contributed by atoms with E-state index in [1.54, 1.807) is 12.2 Å². The van der Waals surface area contributed by atoms with Crippen molar-refractivity contribution < 1.29 is 28.7 Å². The summed E-state index contributed by atoms with van der Waals surface area (Å²) >= 11 is 2.98. The fourth-order valence-electron chi connectivity index (χ4n) is 11.5. The SMILES string of the molecule is [C-]#[N+]c1cc2c(cc1[N+]#[C-])C(=O)C(=Cc1cc3c(s1)C1=CC4C=C5C(=CC4C=C1C1(CCCCC1)O3)c1sc(C=C3C(=O)c4cc(C#N)c(C#N)cc4C3=O)cc1OC51CCCCC1)C2=O. The lowest BCUT2D eigenvalue weighted by molar-refractivity contribution is 0.0636. The first-order chi connectivity index (χ1) is 32.1. The predicted octanol–water partition coefficient (Wildman–Crippen LogP) is 12.3. The van der Waals surface area contributed by atoms with Gasteiger partial charge in [0.2, 0.25) is 0 Å². The first-order valence-electron chi connectivity index (χ1n) is 22.1. The first kappa shape index (κ1) is 40.1. The Morgan fingerprint density at radius 3 is 1.30 bits per heavy atom. The van der Waals surface area contributed by atoms with Gasteiger partial charge in [-0.15, -0.1) is 22.7 Å². The van der Waals surface area contributed by atoms with Crippen molar-refractivity contribution in [3.8, 4) is 23.6 Å². The lowest BCUT2D eigenvalue weighted by atomic mass is 9.65. The fraction of sp³-hybridized carbons (Fsp3) is 0.259. The van der Waals surface area contributed by atoms with Gasteiger partial charge in [0.25, 0.3) is 0 Å². The third kappa shape index (κ3) is 5.72. The minimum absolute atomic E-state index is 0.00241. The smallest absolute Gasteiger partial charge is 0.197 e. The number of rotatable bonds is 2. The molecule has 0 amide bonds. The maximum atomic E-state index is 13.7. The molecule has 4 aromatic rings. The summed E-state index contributed by atoms with van der Waals surface area (Å²) in [6.07, 6.45) is 22.6. The fourth-order valence-corrected chi connectivity index (χ4v) is 13.6. The summed E-state index contributed by atoms with van der Waals surface area (Å²) in [5.41, 5.74) is 4.27. The molecule has 0 N–H and O–H groups in total. The molecule has 6 aliphatic carbocycles.